The molecule has 2 rings (SSSR count). The van der Waals surface area contributed by atoms with Gasteiger partial charge in [0.05, 0.1) is 25.7 Å². The summed E-state index contributed by atoms with van der Waals surface area (Å²) in [5.41, 5.74) is 2.36. The predicted octanol–water partition coefficient (Wildman–Crippen LogP) is 3.31. The van der Waals surface area contributed by atoms with Gasteiger partial charge in [0.1, 0.15) is 17.5 Å². The lowest BCUT2D eigenvalue weighted by molar-refractivity contribution is -0.121. The molecule has 0 fully saturated rings. The number of amides is 1. The van der Waals surface area contributed by atoms with Crippen molar-refractivity contribution in [3.8, 4) is 11.5 Å². The van der Waals surface area contributed by atoms with Gasteiger partial charge >= 0.3 is 0 Å². The molecule has 2 aromatic rings. The maximum absolute atomic E-state index is 12.7. The topological polar surface area (TPSA) is 84.9 Å². The normalized spacial score (nSPS) is 12.2. The van der Waals surface area contributed by atoms with E-state index in [4.69, 9.17) is 9.47 Å². The third-order valence-electron chi connectivity index (χ3n) is 4.84. The SMILES string of the molecule is CCOc1ccc(CCCNC(=O)[C@@H](C)N(c2cc(C)ccc2OC)S(C)(=O)=O)cc1. The Hall–Kier alpha value is -2.74. The van der Waals surface area contributed by atoms with E-state index in [9.17, 15) is 13.2 Å². The predicted molar refractivity (Wildman–Crippen MR) is 123 cm³/mol. The molecule has 2 aromatic carbocycles. The number of hydrogen-bond donors (Lipinski definition) is 1. The molecule has 0 aliphatic rings. The molecule has 0 unspecified atom stereocenters. The van der Waals surface area contributed by atoms with Crippen molar-refractivity contribution in [1.82, 2.24) is 5.32 Å². The van der Waals surface area contributed by atoms with Gasteiger partial charge in [-0.05, 0) is 69.0 Å². The zero-order valence-corrected chi connectivity index (χ0v) is 19.7. The maximum atomic E-state index is 12.7. The summed E-state index contributed by atoms with van der Waals surface area (Å²) in [7, 11) is -2.24. The Morgan fingerprint density at radius 1 is 1.16 bits per heavy atom. The molecular weight excluding hydrogens is 416 g/mol. The molecule has 0 radical (unpaired) electrons. The van der Waals surface area contributed by atoms with Crippen LogP contribution in [0, 0.1) is 6.92 Å². The number of methoxy groups -OCH3 is 1. The molecule has 170 valence electrons. The highest BCUT2D eigenvalue weighted by Crippen LogP contribution is 2.32. The van der Waals surface area contributed by atoms with Crippen molar-refractivity contribution in [2.75, 3.05) is 30.8 Å². The third-order valence-corrected chi connectivity index (χ3v) is 6.06. The van der Waals surface area contributed by atoms with E-state index in [1.165, 1.54) is 7.11 Å². The molecule has 0 heterocycles. The number of carbonyl (C=O) groups is 1. The van der Waals surface area contributed by atoms with Crippen molar-refractivity contribution < 1.29 is 22.7 Å². The number of rotatable bonds is 11. The van der Waals surface area contributed by atoms with E-state index in [-0.39, 0.29) is 5.91 Å². The van der Waals surface area contributed by atoms with Crippen LogP contribution >= 0.6 is 0 Å². The molecule has 1 atom stereocenters. The van der Waals surface area contributed by atoms with Crippen LogP contribution in [0.25, 0.3) is 0 Å². The van der Waals surface area contributed by atoms with Gasteiger partial charge in [-0.2, -0.15) is 0 Å². The van der Waals surface area contributed by atoms with Gasteiger partial charge in [-0.25, -0.2) is 8.42 Å². The van der Waals surface area contributed by atoms with Gasteiger partial charge < -0.3 is 14.8 Å². The van der Waals surface area contributed by atoms with Crippen LogP contribution in [0.1, 0.15) is 31.4 Å². The average Bonchev–Trinajstić information content (AvgIpc) is 2.71. The molecule has 31 heavy (non-hydrogen) atoms. The number of aryl methyl sites for hydroxylation is 2. The van der Waals surface area contributed by atoms with Crippen molar-refractivity contribution in [1.29, 1.82) is 0 Å². The first-order valence-electron chi connectivity index (χ1n) is 10.3. The first kappa shape index (κ1) is 24.5. The summed E-state index contributed by atoms with van der Waals surface area (Å²) in [6.45, 7) is 6.44. The first-order chi connectivity index (χ1) is 14.7. The number of nitrogens with one attached hydrogen (secondary N) is 1. The summed E-state index contributed by atoms with van der Waals surface area (Å²) < 4.78 is 36.9. The van der Waals surface area contributed by atoms with Crippen LogP contribution in [0.2, 0.25) is 0 Å². The molecule has 0 bridgehead atoms. The van der Waals surface area contributed by atoms with Crippen LogP contribution in [0.5, 0.6) is 11.5 Å². The van der Waals surface area contributed by atoms with Gasteiger partial charge in [0.25, 0.3) is 0 Å². The highest BCUT2D eigenvalue weighted by molar-refractivity contribution is 7.92. The summed E-state index contributed by atoms with van der Waals surface area (Å²) >= 11 is 0. The monoisotopic (exact) mass is 448 g/mol. The molecule has 0 saturated carbocycles. The van der Waals surface area contributed by atoms with E-state index in [0.29, 0.717) is 24.6 Å². The van der Waals surface area contributed by atoms with E-state index in [2.05, 4.69) is 5.32 Å². The highest BCUT2D eigenvalue weighted by Gasteiger charge is 2.31. The quantitative estimate of drug-likeness (QED) is 0.533. The van der Waals surface area contributed by atoms with Crippen LogP contribution in [-0.4, -0.2) is 46.9 Å². The van der Waals surface area contributed by atoms with E-state index < -0.39 is 16.1 Å². The second-order valence-corrected chi connectivity index (χ2v) is 9.24. The minimum atomic E-state index is -3.71. The Balaban J connectivity index is 2.01. The largest absolute Gasteiger partial charge is 0.495 e. The Morgan fingerprint density at radius 2 is 1.84 bits per heavy atom. The molecule has 0 aromatic heterocycles. The van der Waals surface area contributed by atoms with Gasteiger partial charge in [-0.3, -0.25) is 9.10 Å². The van der Waals surface area contributed by atoms with Crippen LogP contribution in [0.3, 0.4) is 0 Å². The van der Waals surface area contributed by atoms with E-state index in [0.717, 1.165) is 40.3 Å². The fraction of sp³-hybridized carbons (Fsp3) is 0.435. The third kappa shape index (κ3) is 6.89. The first-order valence-corrected chi connectivity index (χ1v) is 12.2. The number of hydrogen-bond acceptors (Lipinski definition) is 5. The molecule has 0 aliphatic heterocycles. The summed E-state index contributed by atoms with van der Waals surface area (Å²) in [6, 6.07) is 12.2. The Bertz CT molecular complexity index is 974. The Labute approximate surface area is 185 Å². The van der Waals surface area contributed by atoms with Crippen molar-refractivity contribution in [2.24, 2.45) is 0 Å². The standard InChI is InChI=1S/C23H32N2O5S/c1-6-30-20-12-10-19(11-13-20)8-7-15-24-23(26)18(3)25(31(5,27)28)21-16-17(2)9-14-22(21)29-4/h9-14,16,18H,6-8,15H2,1-5H3,(H,24,26)/t18-/m1/s1. The number of anilines is 1. The summed E-state index contributed by atoms with van der Waals surface area (Å²) in [5, 5.41) is 2.85. The van der Waals surface area contributed by atoms with Gasteiger partial charge in [0.2, 0.25) is 15.9 Å². The number of ether oxygens (including phenoxy) is 2. The number of nitrogens with zero attached hydrogens (tertiary/aromatic N) is 1. The average molecular weight is 449 g/mol. The maximum Gasteiger partial charge on any atom is 0.243 e. The zero-order chi connectivity index (χ0) is 23.0. The molecular formula is C23H32N2O5S. The minimum Gasteiger partial charge on any atom is -0.495 e. The van der Waals surface area contributed by atoms with Crippen molar-refractivity contribution in [2.45, 2.75) is 39.7 Å². The molecule has 8 heteroatoms. The second kappa shape index (κ2) is 11.0. The fourth-order valence-corrected chi connectivity index (χ4v) is 4.49. The number of sulfonamides is 1. The van der Waals surface area contributed by atoms with E-state index in [1.54, 1.807) is 19.1 Å². The Kier molecular flexibility index (Phi) is 8.74. The molecule has 1 amide bonds. The van der Waals surface area contributed by atoms with Gasteiger partial charge in [0, 0.05) is 6.54 Å². The molecule has 1 N–H and O–H groups in total. The lowest BCUT2D eigenvalue weighted by atomic mass is 10.1. The number of benzene rings is 2. The molecule has 7 nitrogen and oxygen atoms in total. The van der Waals surface area contributed by atoms with Crippen molar-refractivity contribution in [3.05, 3.63) is 53.6 Å². The minimum absolute atomic E-state index is 0.349. The fourth-order valence-electron chi connectivity index (χ4n) is 3.32. The van der Waals surface area contributed by atoms with Gasteiger partial charge in [0.15, 0.2) is 0 Å². The van der Waals surface area contributed by atoms with Gasteiger partial charge in [-0.15, -0.1) is 0 Å². The van der Waals surface area contributed by atoms with Crippen molar-refractivity contribution in [3.63, 3.8) is 0 Å². The summed E-state index contributed by atoms with van der Waals surface area (Å²) in [4.78, 5) is 12.7. The second-order valence-electron chi connectivity index (χ2n) is 7.38. The number of carbonyl (C=O) groups excluding carboxylic acids is 1. The molecule has 0 aliphatic carbocycles. The van der Waals surface area contributed by atoms with E-state index >= 15 is 0 Å². The van der Waals surface area contributed by atoms with Crippen molar-refractivity contribution >= 4 is 21.6 Å². The van der Waals surface area contributed by atoms with Crippen LogP contribution in [0.15, 0.2) is 42.5 Å². The summed E-state index contributed by atoms with van der Waals surface area (Å²) in [6.07, 6.45) is 2.62. The lowest BCUT2D eigenvalue weighted by Crippen LogP contribution is -2.48. The summed E-state index contributed by atoms with van der Waals surface area (Å²) in [5.74, 6) is 0.868. The lowest BCUT2D eigenvalue weighted by Gasteiger charge is -2.29. The Morgan fingerprint density at radius 3 is 2.42 bits per heavy atom. The van der Waals surface area contributed by atoms with Crippen LogP contribution in [0.4, 0.5) is 5.69 Å². The highest BCUT2D eigenvalue weighted by atomic mass is 32.2. The van der Waals surface area contributed by atoms with Crippen LogP contribution in [-0.2, 0) is 21.2 Å². The van der Waals surface area contributed by atoms with Crippen LogP contribution < -0.4 is 19.1 Å². The van der Waals surface area contributed by atoms with E-state index in [1.807, 2.05) is 44.2 Å². The molecule has 0 saturated heterocycles. The molecule has 0 spiro atoms. The van der Waals surface area contributed by atoms with Gasteiger partial charge in [-0.1, -0.05) is 18.2 Å². The smallest absolute Gasteiger partial charge is 0.243 e. The zero-order valence-electron chi connectivity index (χ0n) is 18.8.